The Bertz CT molecular complexity index is 461. The molecule has 1 atom stereocenters. The first-order chi connectivity index (χ1) is 13.7. The van der Waals surface area contributed by atoms with Crippen LogP contribution in [0.25, 0.3) is 0 Å². The van der Waals surface area contributed by atoms with Gasteiger partial charge in [0.25, 0.3) is 0 Å². The third-order valence-corrected chi connectivity index (χ3v) is 10.8. The summed E-state index contributed by atoms with van der Waals surface area (Å²) < 4.78 is 6.76. The largest absolute Gasteiger partial charge is 0.414 e. The van der Waals surface area contributed by atoms with Gasteiger partial charge in [-0.15, -0.1) is 0 Å². The molecule has 0 aromatic carbocycles. The Labute approximate surface area is 185 Å². The lowest BCUT2D eigenvalue weighted by molar-refractivity contribution is 0.170. The smallest absolute Gasteiger partial charge is 0.192 e. The van der Waals surface area contributed by atoms with E-state index in [0.29, 0.717) is 6.10 Å². The number of hydrogen-bond donors (Lipinski definition) is 0. The van der Waals surface area contributed by atoms with Crippen LogP contribution < -0.4 is 0 Å². The molecule has 0 heterocycles. The van der Waals surface area contributed by atoms with E-state index in [1.807, 2.05) is 0 Å². The maximum absolute atomic E-state index is 6.76. The monoisotopic (exact) mass is 420 g/mol. The molecule has 1 unspecified atom stereocenters. The molecule has 0 bridgehead atoms. The van der Waals surface area contributed by atoms with Crippen molar-refractivity contribution < 1.29 is 4.43 Å². The third-order valence-electron chi connectivity index (χ3n) is 6.25. The van der Waals surface area contributed by atoms with E-state index in [1.165, 1.54) is 77.0 Å². The molecular formula is C27H52OSi. The second-order valence-corrected chi connectivity index (χ2v) is 14.9. The van der Waals surface area contributed by atoms with Crippen LogP contribution >= 0.6 is 0 Å². The molecule has 0 aliphatic carbocycles. The molecule has 0 amide bonds. The number of unbranched alkanes of at least 4 members (excludes halogenated alkanes) is 10. The number of hydrogen-bond acceptors (Lipinski definition) is 1. The first-order valence-electron chi connectivity index (χ1n) is 12.6. The fourth-order valence-electron chi connectivity index (χ4n) is 3.20. The van der Waals surface area contributed by atoms with E-state index >= 15 is 0 Å². The van der Waals surface area contributed by atoms with Crippen molar-refractivity contribution in [3.63, 3.8) is 0 Å². The summed E-state index contributed by atoms with van der Waals surface area (Å²) >= 11 is 0. The molecule has 0 N–H and O–H groups in total. The zero-order valence-electron chi connectivity index (χ0n) is 21.0. The molecule has 0 fully saturated rings. The molecule has 1 nitrogen and oxygen atoms in total. The highest BCUT2D eigenvalue weighted by atomic mass is 28.4. The van der Waals surface area contributed by atoms with Crippen LogP contribution in [0.2, 0.25) is 18.1 Å². The number of rotatable bonds is 16. The van der Waals surface area contributed by atoms with E-state index in [4.69, 9.17) is 4.43 Å². The molecule has 0 spiro atoms. The minimum absolute atomic E-state index is 0.271. The van der Waals surface area contributed by atoms with Crippen LogP contribution in [0.15, 0.2) is 12.2 Å². The lowest BCUT2D eigenvalue weighted by Crippen LogP contribution is -2.43. The second-order valence-electron chi connectivity index (χ2n) is 10.2. The Kier molecular flexibility index (Phi) is 16.9. The zero-order valence-corrected chi connectivity index (χ0v) is 22.0. The predicted octanol–water partition coefficient (Wildman–Crippen LogP) is 9.44. The zero-order chi connectivity index (χ0) is 22.0. The van der Waals surface area contributed by atoms with E-state index in [0.717, 1.165) is 12.8 Å². The quantitative estimate of drug-likeness (QED) is 0.137. The van der Waals surface area contributed by atoms with E-state index in [9.17, 15) is 0 Å². The lowest BCUT2D eigenvalue weighted by Gasteiger charge is -2.39. The van der Waals surface area contributed by atoms with Crippen molar-refractivity contribution in [1.82, 2.24) is 0 Å². The van der Waals surface area contributed by atoms with Crippen LogP contribution in [0.5, 0.6) is 0 Å². The van der Waals surface area contributed by atoms with Crippen LogP contribution in [0, 0.1) is 11.8 Å². The molecule has 0 aliphatic rings. The van der Waals surface area contributed by atoms with Crippen LogP contribution in [-0.4, -0.2) is 14.4 Å². The lowest BCUT2D eigenvalue weighted by atomic mass is 10.0. The molecule has 0 saturated carbocycles. The Morgan fingerprint density at radius 3 is 1.97 bits per heavy atom. The second kappa shape index (κ2) is 17.2. The van der Waals surface area contributed by atoms with Gasteiger partial charge >= 0.3 is 0 Å². The Morgan fingerprint density at radius 2 is 1.38 bits per heavy atom. The van der Waals surface area contributed by atoms with E-state index in [2.05, 4.69) is 71.7 Å². The molecule has 0 radical (unpaired) electrons. The molecule has 0 aromatic rings. The molecular weight excluding hydrogens is 368 g/mol. The summed E-state index contributed by atoms with van der Waals surface area (Å²) in [7, 11) is -1.72. The summed E-state index contributed by atoms with van der Waals surface area (Å²) in [6.45, 7) is 16.3. The van der Waals surface area contributed by atoms with Gasteiger partial charge in [0.15, 0.2) is 8.32 Å². The maximum atomic E-state index is 6.76. The van der Waals surface area contributed by atoms with Crippen molar-refractivity contribution in [2.24, 2.45) is 0 Å². The highest BCUT2D eigenvalue weighted by Gasteiger charge is 2.38. The maximum Gasteiger partial charge on any atom is 0.192 e. The topological polar surface area (TPSA) is 9.23 Å². The van der Waals surface area contributed by atoms with Gasteiger partial charge in [-0.2, -0.15) is 0 Å². The highest BCUT2D eigenvalue weighted by Crippen LogP contribution is 2.38. The van der Waals surface area contributed by atoms with Gasteiger partial charge in [0.05, 0.1) is 0 Å². The molecule has 0 saturated heterocycles. The third kappa shape index (κ3) is 15.9. The van der Waals surface area contributed by atoms with Crippen molar-refractivity contribution in [1.29, 1.82) is 0 Å². The van der Waals surface area contributed by atoms with Gasteiger partial charge in [0.2, 0.25) is 0 Å². The molecule has 170 valence electrons. The van der Waals surface area contributed by atoms with Gasteiger partial charge in [-0.3, -0.25) is 0 Å². The van der Waals surface area contributed by atoms with Gasteiger partial charge < -0.3 is 4.43 Å². The normalized spacial score (nSPS) is 13.5. The SMILES string of the molecule is CCCCCC#C/C=C/CC(CCCCCCCCCC)O[Si](C)(C)C(C)(C)C. The van der Waals surface area contributed by atoms with Gasteiger partial charge in [0, 0.05) is 12.5 Å². The minimum atomic E-state index is -1.72. The minimum Gasteiger partial charge on any atom is -0.414 e. The van der Waals surface area contributed by atoms with Crippen molar-refractivity contribution in [3.8, 4) is 11.8 Å². The summed E-state index contributed by atoms with van der Waals surface area (Å²) in [5.74, 6) is 6.50. The first-order valence-corrected chi connectivity index (χ1v) is 15.5. The standard InChI is InChI=1S/C27H52OSi/c1-8-10-12-14-16-18-20-22-24-26(28-29(6,7)27(3,4)5)25-23-21-19-17-15-13-11-9-2/h21,23,26H,8-16,18,20,22,24-25H2,1-7H3/b23-21+. The summed E-state index contributed by atoms with van der Waals surface area (Å²) in [5, 5.41) is 0.271. The molecule has 2 heteroatoms. The number of allylic oxidation sites excluding steroid dienone is 1. The summed E-state index contributed by atoms with van der Waals surface area (Å²) in [6, 6.07) is 0. The molecule has 29 heavy (non-hydrogen) atoms. The average Bonchev–Trinajstić information content (AvgIpc) is 2.64. The van der Waals surface area contributed by atoms with Crippen molar-refractivity contribution >= 4 is 8.32 Å². The molecule has 0 rings (SSSR count). The van der Waals surface area contributed by atoms with Crippen LogP contribution in [0.4, 0.5) is 0 Å². The Morgan fingerprint density at radius 1 is 0.828 bits per heavy atom. The van der Waals surface area contributed by atoms with Gasteiger partial charge in [0.1, 0.15) is 0 Å². The van der Waals surface area contributed by atoms with Crippen molar-refractivity contribution in [3.05, 3.63) is 12.2 Å². The van der Waals surface area contributed by atoms with Crippen LogP contribution in [0.3, 0.4) is 0 Å². The fourth-order valence-corrected chi connectivity index (χ4v) is 4.60. The summed E-state index contributed by atoms with van der Waals surface area (Å²) in [4.78, 5) is 0. The molecule has 0 aromatic heterocycles. The van der Waals surface area contributed by atoms with Gasteiger partial charge in [-0.1, -0.05) is 117 Å². The Balaban J connectivity index is 4.43. The first kappa shape index (κ1) is 28.5. The van der Waals surface area contributed by atoms with Crippen molar-refractivity contribution in [2.45, 2.75) is 149 Å². The van der Waals surface area contributed by atoms with Crippen molar-refractivity contribution in [2.75, 3.05) is 0 Å². The van der Waals surface area contributed by atoms with Gasteiger partial charge in [-0.25, -0.2) is 0 Å². The average molecular weight is 421 g/mol. The predicted molar refractivity (Wildman–Crippen MR) is 135 cm³/mol. The van der Waals surface area contributed by atoms with E-state index in [1.54, 1.807) is 0 Å². The van der Waals surface area contributed by atoms with Gasteiger partial charge in [-0.05, 0) is 43.5 Å². The van der Waals surface area contributed by atoms with E-state index in [-0.39, 0.29) is 5.04 Å². The molecule has 0 aliphatic heterocycles. The van der Waals surface area contributed by atoms with Crippen LogP contribution in [0.1, 0.15) is 125 Å². The highest BCUT2D eigenvalue weighted by molar-refractivity contribution is 6.74. The Hall–Kier alpha value is -0.523. The summed E-state index contributed by atoms with van der Waals surface area (Å²) in [5.41, 5.74) is 0. The summed E-state index contributed by atoms with van der Waals surface area (Å²) in [6.07, 6.45) is 22.7. The fraction of sp³-hybridized carbons (Fsp3) is 0.852. The van der Waals surface area contributed by atoms with Crippen LogP contribution in [-0.2, 0) is 4.43 Å². The van der Waals surface area contributed by atoms with E-state index < -0.39 is 8.32 Å².